The second kappa shape index (κ2) is 9.86. The van der Waals surface area contributed by atoms with E-state index in [2.05, 4.69) is 26.3 Å². The summed E-state index contributed by atoms with van der Waals surface area (Å²) in [5.41, 5.74) is 3.65. The molecule has 31 heavy (non-hydrogen) atoms. The van der Waals surface area contributed by atoms with E-state index in [1.165, 1.54) is 0 Å². The van der Waals surface area contributed by atoms with Gasteiger partial charge < -0.3 is 10.1 Å². The lowest BCUT2D eigenvalue weighted by molar-refractivity contribution is 0.0794. The first kappa shape index (κ1) is 22.7. The van der Waals surface area contributed by atoms with Crippen LogP contribution in [0.25, 0.3) is 0 Å². The molecule has 1 unspecified atom stereocenters. The molecule has 1 aliphatic heterocycles. The smallest absolute Gasteiger partial charge is 0.272 e. The number of aryl methyl sites for hydroxylation is 1. The monoisotopic (exact) mass is 446 g/mol. The molecule has 0 bridgehead atoms. The Balaban J connectivity index is 1.86. The van der Waals surface area contributed by atoms with E-state index in [1.807, 2.05) is 19.1 Å². The van der Waals surface area contributed by atoms with Gasteiger partial charge in [-0.1, -0.05) is 17.7 Å². The summed E-state index contributed by atoms with van der Waals surface area (Å²) in [5.74, 6) is 0.696. The van der Waals surface area contributed by atoms with Gasteiger partial charge >= 0.3 is 0 Å². The molecule has 7 nitrogen and oxygen atoms in total. The molecule has 0 fully saturated rings. The molecule has 0 saturated carbocycles. The topological polar surface area (TPSA) is 97.9 Å². The average molecular weight is 447 g/mol. The highest BCUT2D eigenvalue weighted by Gasteiger charge is 2.31. The normalized spacial score (nSPS) is 15.8. The molecule has 0 aliphatic carbocycles. The van der Waals surface area contributed by atoms with Gasteiger partial charge in [-0.15, -0.1) is 0 Å². The Labute approximate surface area is 184 Å². The van der Waals surface area contributed by atoms with E-state index in [4.69, 9.17) is 21.6 Å². The highest BCUT2D eigenvalue weighted by molar-refractivity contribution is 6.30. The second-order valence-corrected chi connectivity index (χ2v) is 7.49. The van der Waals surface area contributed by atoms with Crippen molar-refractivity contribution in [2.24, 2.45) is 0 Å². The minimum atomic E-state index is -2.56. The zero-order chi connectivity index (χ0) is 22.5. The maximum atomic E-state index is 12.3. The number of pyridine rings is 2. The molecule has 162 valence electrons. The van der Waals surface area contributed by atoms with Crippen molar-refractivity contribution in [2.45, 2.75) is 39.3 Å². The number of nitrogens with zero attached hydrogens (tertiary/aromatic N) is 5. The zero-order valence-corrected chi connectivity index (χ0v) is 17.9. The first-order valence-electron chi connectivity index (χ1n) is 9.70. The lowest BCUT2D eigenvalue weighted by Gasteiger charge is -2.36. The minimum Gasteiger partial charge on any atom is -0.472 e. The number of hydrogen-bond donors (Lipinski definition) is 1. The summed E-state index contributed by atoms with van der Waals surface area (Å²) in [6, 6.07) is 7.45. The van der Waals surface area contributed by atoms with Crippen LogP contribution in [0.2, 0.25) is 5.15 Å². The SMILES string of the molecule is Cc1nc(OCC(F)F)ccc1CN1CCc2c(NCC#N)nc(Cl)c(C#N)c2C1C. The van der Waals surface area contributed by atoms with Crippen molar-refractivity contribution in [2.75, 3.05) is 25.0 Å². The predicted molar refractivity (Wildman–Crippen MR) is 111 cm³/mol. The van der Waals surface area contributed by atoms with Gasteiger partial charge in [-0.25, -0.2) is 18.7 Å². The van der Waals surface area contributed by atoms with Gasteiger partial charge in [-0.2, -0.15) is 10.5 Å². The summed E-state index contributed by atoms with van der Waals surface area (Å²) in [5, 5.41) is 21.6. The fraction of sp³-hybridized carbons (Fsp3) is 0.429. The number of rotatable bonds is 7. The summed E-state index contributed by atoms with van der Waals surface area (Å²) in [7, 11) is 0. The molecule has 0 saturated heterocycles. The van der Waals surface area contributed by atoms with Crippen molar-refractivity contribution in [1.82, 2.24) is 14.9 Å². The van der Waals surface area contributed by atoms with Crippen LogP contribution < -0.4 is 10.1 Å². The van der Waals surface area contributed by atoms with Crippen LogP contribution in [-0.2, 0) is 13.0 Å². The van der Waals surface area contributed by atoms with Crippen LogP contribution in [0.3, 0.4) is 0 Å². The summed E-state index contributed by atoms with van der Waals surface area (Å²) >= 11 is 6.26. The number of fused-ring (bicyclic) bond motifs is 1. The van der Waals surface area contributed by atoms with E-state index < -0.39 is 13.0 Å². The number of hydrogen-bond acceptors (Lipinski definition) is 7. The van der Waals surface area contributed by atoms with E-state index in [-0.39, 0.29) is 23.6 Å². The number of nitrogens with one attached hydrogen (secondary N) is 1. The van der Waals surface area contributed by atoms with E-state index in [0.29, 0.717) is 36.6 Å². The van der Waals surface area contributed by atoms with Gasteiger partial charge in [0.05, 0.1) is 11.6 Å². The lowest BCUT2D eigenvalue weighted by atomic mass is 9.90. The summed E-state index contributed by atoms with van der Waals surface area (Å²) in [6.07, 6.45) is -1.92. The third-order valence-electron chi connectivity index (χ3n) is 5.26. The van der Waals surface area contributed by atoms with E-state index in [1.54, 1.807) is 13.0 Å². The molecule has 0 spiro atoms. The standard InChI is InChI=1S/C21H21ClF2N6O/c1-12-14(3-4-18(28-12)31-11-17(23)24)10-30-8-5-15-19(13(30)2)16(9-26)20(22)29-21(15)27-7-6-25/h3-4,13,17H,5,7-8,10-11H2,1-2H3,(H,27,29). The Bertz CT molecular complexity index is 1050. The fourth-order valence-corrected chi connectivity index (χ4v) is 3.96. The second-order valence-electron chi connectivity index (χ2n) is 7.13. The third kappa shape index (κ3) is 5.01. The average Bonchev–Trinajstić information content (AvgIpc) is 2.74. The number of nitriles is 2. The Morgan fingerprint density at radius 1 is 1.35 bits per heavy atom. The summed E-state index contributed by atoms with van der Waals surface area (Å²) in [6.45, 7) is 4.45. The molecule has 3 rings (SSSR count). The molecule has 2 aromatic heterocycles. The molecule has 0 amide bonds. The Morgan fingerprint density at radius 3 is 2.77 bits per heavy atom. The van der Waals surface area contributed by atoms with Crippen LogP contribution in [0.4, 0.5) is 14.6 Å². The molecule has 1 aliphatic rings. The maximum Gasteiger partial charge on any atom is 0.272 e. The van der Waals surface area contributed by atoms with Crippen molar-refractivity contribution >= 4 is 17.4 Å². The maximum absolute atomic E-state index is 12.3. The predicted octanol–water partition coefficient (Wildman–Crippen LogP) is 4.01. The van der Waals surface area contributed by atoms with Gasteiger partial charge in [0.15, 0.2) is 6.61 Å². The Kier molecular flexibility index (Phi) is 7.21. The first-order valence-corrected chi connectivity index (χ1v) is 10.1. The Hall–Kier alpha value is -3.01. The van der Waals surface area contributed by atoms with Crippen LogP contribution >= 0.6 is 11.6 Å². The van der Waals surface area contributed by atoms with Gasteiger partial charge in [0.2, 0.25) is 5.88 Å². The van der Waals surface area contributed by atoms with Gasteiger partial charge in [0.25, 0.3) is 6.43 Å². The molecule has 0 aromatic carbocycles. The van der Waals surface area contributed by atoms with E-state index in [0.717, 1.165) is 16.7 Å². The fourth-order valence-electron chi connectivity index (χ4n) is 3.73. The quantitative estimate of drug-likeness (QED) is 0.506. The highest BCUT2D eigenvalue weighted by Crippen LogP contribution is 2.38. The molecule has 10 heteroatoms. The molecule has 0 radical (unpaired) electrons. The van der Waals surface area contributed by atoms with Gasteiger partial charge in [-0.3, -0.25) is 4.90 Å². The molecule has 2 aromatic rings. The number of aromatic nitrogens is 2. The van der Waals surface area contributed by atoms with Gasteiger partial charge in [0.1, 0.15) is 23.6 Å². The van der Waals surface area contributed by atoms with Gasteiger partial charge in [-0.05, 0) is 31.4 Å². The van der Waals surface area contributed by atoms with Crippen LogP contribution in [0.15, 0.2) is 12.1 Å². The van der Waals surface area contributed by atoms with Crippen molar-refractivity contribution in [3.63, 3.8) is 0 Å². The van der Waals surface area contributed by atoms with Crippen LogP contribution in [0.5, 0.6) is 5.88 Å². The number of anilines is 1. The van der Waals surface area contributed by atoms with Crippen molar-refractivity contribution in [3.8, 4) is 18.0 Å². The first-order chi connectivity index (χ1) is 14.8. The van der Waals surface area contributed by atoms with Crippen LogP contribution in [0.1, 0.15) is 40.9 Å². The molecule has 1 atom stereocenters. The zero-order valence-electron chi connectivity index (χ0n) is 17.1. The summed E-state index contributed by atoms with van der Waals surface area (Å²) in [4.78, 5) is 10.7. The highest BCUT2D eigenvalue weighted by atomic mass is 35.5. The van der Waals surface area contributed by atoms with Gasteiger partial charge in [0, 0.05) is 36.5 Å². The van der Waals surface area contributed by atoms with Crippen LogP contribution in [-0.4, -0.2) is 41.0 Å². The lowest BCUT2D eigenvalue weighted by Crippen LogP contribution is -2.35. The largest absolute Gasteiger partial charge is 0.472 e. The number of halogens is 3. The van der Waals surface area contributed by atoms with E-state index in [9.17, 15) is 14.0 Å². The van der Waals surface area contributed by atoms with E-state index >= 15 is 0 Å². The number of ether oxygens (including phenoxy) is 1. The third-order valence-corrected chi connectivity index (χ3v) is 5.53. The van der Waals surface area contributed by atoms with Crippen molar-refractivity contribution in [3.05, 3.63) is 45.2 Å². The van der Waals surface area contributed by atoms with Crippen LogP contribution in [0, 0.1) is 29.6 Å². The minimum absolute atomic E-state index is 0.0879. The van der Waals surface area contributed by atoms with Crippen molar-refractivity contribution in [1.29, 1.82) is 10.5 Å². The molecule has 3 heterocycles. The number of alkyl halides is 2. The Morgan fingerprint density at radius 2 is 2.13 bits per heavy atom. The van der Waals surface area contributed by atoms with Crippen molar-refractivity contribution < 1.29 is 13.5 Å². The molecule has 1 N–H and O–H groups in total. The summed E-state index contributed by atoms with van der Waals surface area (Å²) < 4.78 is 29.7. The molecular formula is C21H21ClF2N6O. The molecular weight excluding hydrogens is 426 g/mol.